The molecule has 5 heteroatoms. The second kappa shape index (κ2) is 7.61. The minimum atomic E-state index is -0.00636. The summed E-state index contributed by atoms with van der Waals surface area (Å²) in [6.07, 6.45) is 3.51. The summed E-state index contributed by atoms with van der Waals surface area (Å²) in [5.74, 6) is 0.826. The van der Waals surface area contributed by atoms with Gasteiger partial charge in [0.25, 0.3) is 0 Å². The SMILES string of the molecule is COc1ccccc1-c1cccc(NC(=O)N2CC[C@H]3CC[C@@H](C2)N3C)c1. The molecule has 0 aromatic heterocycles. The summed E-state index contributed by atoms with van der Waals surface area (Å²) in [5, 5.41) is 3.09. The molecule has 2 aromatic rings. The van der Waals surface area contributed by atoms with Gasteiger partial charge in [0.1, 0.15) is 5.75 Å². The topological polar surface area (TPSA) is 44.8 Å². The Morgan fingerprint density at radius 3 is 2.74 bits per heavy atom. The molecule has 2 amide bonds. The molecular formula is C22H27N3O2. The van der Waals surface area contributed by atoms with E-state index < -0.39 is 0 Å². The summed E-state index contributed by atoms with van der Waals surface area (Å²) in [4.78, 5) is 17.3. The molecule has 2 atom stereocenters. The maximum Gasteiger partial charge on any atom is 0.321 e. The number of para-hydroxylation sites is 1. The quantitative estimate of drug-likeness (QED) is 0.892. The monoisotopic (exact) mass is 365 g/mol. The molecule has 2 fully saturated rings. The van der Waals surface area contributed by atoms with E-state index in [9.17, 15) is 4.79 Å². The highest BCUT2D eigenvalue weighted by molar-refractivity contribution is 5.90. The lowest BCUT2D eigenvalue weighted by Gasteiger charge is -2.26. The molecule has 142 valence electrons. The molecule has 0 unspecified atom stereocenters. The summed E-state index contributed by atoms with van der Waals surface area (Å²) in [5.41, 5.74) is 2.86. The van der Waals surface area contributed by atoms with Gasteiger partial charge in [-0.05, 0) is 50.1 Å². The van der Waals surface area contributed by atoms with Gasteiger partial charge < -0.3 is 15.0 Å². The Morgan fingerprint density at radius 1 is 1.07 bits per heavy atom. The highest BCUT2D eigenvalue weighted by atomic mass is 16.5. The maximum absolute atomic E-state index is 12.8. The van der Waals surface area contributed by atoms with Gasteiger partial charge in [-0.1, -0.05) is 30.3 Å². The van der Waals surface area contributed by atoms with Gasteiger partial charge in [0, 0.05) is 36.4 Å². The molecule has 0 aliphatic carbocycles. The van der Waals surface area contributed by atoms with E-state index in [1.54, 1.807) is 7.11 Å². The van der Waals surface area contributed by atoms with Crippen LogP contribution in [-0.4, -0.2) is 55.2 Å². The molecule has 2 heterocycles. The van der Waals surface area contributed by atoms with Crippen molar-refractivity contribution >= 4 is 11.7 Å². The van der Waals surface area contributed by atoms with Crippen LogP contribution in [0.15, 0.2) is 48.5 Å². The molecule has 5 nitrogen and oxygen atoms in total. The predicted molar refractivity (Wildman–Crippen MR) is 108 cm³/mol. The molecule has 0 spiro atoms. The fourth-order valence-electron chi connectivity index (χ4n) is 4.34. The minimum absolute atomic E-state index is 0.00636. The number of hydrogen-bond acceptors (Lipinski definition) is 3. The summed E-state index contributed by atoms with van der Waals surface area (Å²) in [6.45, 7) is 1.63. The van der Waals surface area contributed by atoms with Crippen LogP contribution >= 0.6 is 0 Å². The highest BCUT2D eigenvalue weighted by Crippen LogP contribution is 2.32. The van der Waals surface area contributed by atoms with Crippen LogP contribution in [0.5, 0.6) is 5.75 Å². The molecule has 2 aliphatic rings. The number of urea groups is 1. The molecular weight excluding hydrogens is 338 g/mol. The molecule has 2 saturated heterocycles. The molecule has 2 aromatic carbocycles. The van der Waals surface area contributed by atoms with Crippen LogP contribution in [0.3, 0.4) is 0 Å². The van der Waals surface area contributed by atoms with Crippen molar-refractivity contribution in [2.75, 3.05) is 32.6 Å². The number of ether oxygens (including phenoxy) is 1. The van der Waals surface area contributed by atoms with Crippen LogP contribution in [-0.2, 0) is 0 Å². The van der Waals surface area contributed by atoms with Crippen LogP contribution < -0.4 is 10.1 Å². The first-order valence-electron chi connectivity index (χ1n) is 9.67. The van der Waals surface area contributed by atoms with E-state index in [1.807, 2.05) is 53.4 Å². The first kappa shape index (κ1) is 17.9. The first-order valence-corrected chi connectivity index (χ1v) is 9.67. The third kappa shape index (κ3) is 3.65. The number of likely N-dealkylation sites (tertiary alicyclic amines) is 1. The number of nitrogens with zero attached hydrogens (tertiary/aromatic N) is 2. The standard InChI is InChI=1S/C22H27N3O2/c1-24-18-10-11-19(24)15-25(13-12-18)22(26)23-17-7-5-6-16(14-17)20-8-3-4-9-21(20)27-2/h3-9,14,18-19H,10-13,15H2,1-2H3,(H,23,26)/t18-,19+/m1/s1. The van der Waals surface area contributed by atoms with Gasteiger partial charge >= 0.3 is 6.03 Å². The second-order valence-electron chi connectivity index (χ2n) is 7.50. The lowest BCUT2D eigenvalue weighted by Crippen LogP contribution is -2.41. The number of methoxy groups -OCH3 is 1. The Balaban J connectivity index is 1.49. The number of anilines is 1. The third-order valence-corrected chi connectivity index (χ3v) is 5.97. The van der Waals surface area contributed by atoms with Crippen molar-refractivity contribution in [3.63, 3.8) is 0 Å². The predicted octanol–water partition coefficient (Wildman–Crippen LogP) is 4.06. The summed E-state index contributed by atoms with van der Waals surface area (Å²) in [7, 11) is 3.87. The van der Waals surface area contributed by atoms with Gasteiger partial charge in [-0.15, -0.1) is 0 Å². The third-order valence-electron chi connectivity index (χ3n) is 5.97. The average Bonchev–Trinajstić information content (AvgIpc) is 2.93. The van der Waals surface area contributed by atoms with Crippen LogP contribution in [0.2, 0.25) is 0 Å². The van der Waals surface area contributed by atoms with Crippen molar-refractivity contribution in [2.45, 2.75) is 31.3 Å². The largest absolute Gasteiger partial charge is 0.496 e. The van der Waals surface area contributed by atoms with Crippen molar-refractivity contribution in [1.82, 2.24) is 9.80 Å². The fourth-order valence-corrected chi connectivity index (χ4v) is 4.34. The molecule has 0 radical (unpaired) electrons. The normalized spacial score (nSPS) is 22.4. The Labute approximate surface area is 160 Å². The van der Waals surface area contributed by atoms with Gasteiger partial charge in [-0.25, -0.2) is 4.79 Å². The van der Waals surface area contributed by atoms with Crippen LogP contribution in [0.4, 0.5) is 10.5 Å². The molecule has 1 N–H and O–H groups in total. The van der Waals surface area contributed by atoms with E-state index >= 15 is 0 Å². The molecule has 0 saturated carbocycles. The van der Waals surface area contributed by atoms with E-state index in [4.69, 9.17) is 4.74 Å². The number of rotatable bonds is 3. The number of carbonyl (C=O) groups excluding carboxylic acids is 1. The zero-order valence-corrected chi connectivity index (χ0v) is 16.0. The van der Waals surface area contributed by atoms with Gasteiger partial charge in [0.15, 0.2) is 0 Å². The Bertz CT molecular complexity index is 823. The molecule has 2 aliphatic heterocycles. The number of hydrogen-bond donors (Lipinski definition) is 1. The maximum atomic E-state index is 12.8. The zero-order valence-electron chi connectivity index (χ0n) is 16.0. The van der Waals surface area contributed by atoms with Crippen molar-refractivity contribution in [3.8, 4) is 16.9 Å². The van der Waals surface area contributed by atoms with Crippen LogP contribution in [0.1, 0.15) is 19.3 Å². The highest BCUT2D eigenvalue weighted by Gasteiger charge is 2.35. The van der Waals surface area contributed by atoms with Crippen LogP contribution in [0.25, 0.3) is 11.1 Å². The van der Waals surface area contributed by atoms with E-state index in [0.29, 0.717) is 12.1 Å². The van der Waals surface area contributed by atoms with Crippen molar-refractivity contribution < 1.29 is 9.53 Å². The van der Waals surface area contributed by atoms with Crippen molar-refractivity contribution in [2.24, 2.45) is 0 Å². The second-order valence-corrected chi connectivity index (χ2v) is 7.50. The molecule has 27 heavy (non-hydrogen) atoms. The average molecular weight is 365 g/mol. The minimum Gasteiger partial charge on any atom is -0.496 e. The van der Waals surface area contributed by atoms with E-state index in [-0.39, 0.29) is 6.03 Å². The number of carbonyl (C=O) groups is 1. The molecule has 2 bridgehead atoms. The Hall–Kier alpha value is -2.53. The number of fused-ring (bicyclic) bond motifs is 2. The van der Waals surface area contributed by atoms with Gasteiger partial charge in [0.05, 0.1) is 7.11 Å². The number of nitrogens with one attached hydrogen (secondary N) is 1. The summed E-state index contributed by atoms with van der Waals surface area (Å²) >= 11 is 0. The number of likely N-dealkylation sites (N-methyl/N-ethyl adjacent to an activating group) is 1. The van der Waals surface area contributed by atoms with Gasteiger partial charge in [0.2, 0.25) is 0 Å². The van der Waals surface area contributed by atoms with E-state index in [2.05, 4.69) is 17.3 Å². The number of benzene rings is 2. The summed E-state index contributed by atoms with van der Waals surface area (Å²) in [6, 6.07) is 17.0. The summed E-state index contributed by atoms with van der Waals surface area (Å²) < 4.78 is 5.47. The molecule has 4 rings (SSSR count). The van der Waals surface area contributed by atoms with E-state index in [0.717, 1.165) is 42.1 Å². The van der Waals surface area contributed by atoms with E-state index in [1.165, 1.54) is 12.8 Å². The first-order chi connectivity index (χ1) is 13.2. The Morgan fingerprint density at radius 2 is 1.89 bits per heavy atom. The smallest absolute Gasteiger partial charge is 0.321 e. The Kier molecular flexibility index (Phi) is 5.03. The number of amides is 2. The lowest BCUT2D eigenvalue weighted by molar-refractivity contribution is 0.200. The lowest BCUT2D eigenvalue weighted by atomic mass is 10.0. The van der Waals surface area contributed by atoms with Gasteiger partial charge in [-0.2, -0.15) is 0 Å². The van der Waals surface area contributed by atoms with Gasteiger partial charge in [-0.3, -0.25) is 4.90 Å². The van der Waals surface area contributed by atoms with Crippen LogP contribution in [0, 0.1) is 0 Å². The zero-order chi connectivity index (χ0) is 18.8. The van der Waals surface area contributed by atoms with Crippen molar-refractivity contribution in [3.05, 3.63) is 48.5 Å². The van der Waals surface area contributed by atoms with Crippen molar-refractivity contribution in [1.29, 1.82) is 0 Å². The fraction of sp³-hybridized carbons (Fsp3) is 0.409.